The minimum Gasteiger partial charge on any atom is -0.496 e. The molecule has 0 atom stereocenters. The third-order valence-electron chi connectivity index (χ3n) is 5.64. The van der Waals surface area contributed by atoms with Crippen molar-refractivity contribution in [2.75, 3.05) is 20.8 Å². The number of hydrogen-bond donors (Lipinski definition) is 2. The topological polar surface area (TPSA) is 144 Å². The monoisotopic (exact) mass is 574 g/mol. The number of nitrogens with one attached hydrogen (secondary N) is 2. The van der Waals surface area contributed by atoms with Crippen LogP contribution in [-0.4, -0.2) is 56.8 Å². The van der Waals surface area contributed by atoms with Gasteiger partial charge in [0.1, 0.15) is 22.2 Å². The number of aromatic nitrogens is 1. The number of nitrogens with zero attached hydrogens (tertiary/aromatic N) is 2. The van der Waals surface area contributed by atoms with Crippen LogP contribution >= 0.6 is 11.3 Å². The highest BCUT2D eigenvalue weighted by Gasteiger charge is 2.23. The number of aryl methyl sites for hydroxylation is 1. The van der Waals surface area contributed by atoms with Gasteiger partial charge in [0, 0.05) is 30.0 Å². The van der Waals surface area contributed by atoms with Gasteiger partial charge < -0.3 is 14.4 Å². The number of carbonyl (C=O) groups is 3. The average molecular weight is 575 g/mol. The van der Waals surface area contributed by atoms with E-state index in [-0.39, 0.29) is 18.1 Å². The van der Waals surface area contributed by atoms with Crippen molar-refractivity contribution in [1.29, 1.82) is 0 Å². The van der Waals surface area contributed by atoms with Gasteiger partial charge in [-0.05, 0) is 37.5 Å². The SMILES string of the molecule is COc1cc(C(=O)N(CCCc2ccccc2)Cc2nc(C(=O)NS(=O)(=O)NC(C)=O)cs2)cc(OC)c1C. The van der Waals surface area contributed by atoms with E-state index in [1.807, 2.05) is 37.3 Å². The van der Waals surface area contributed by atoms with Crippen LogP contribution in [0, 0.1) is 6.92 Å². The smallest absolute Gasteiger partial charge is 0.326 e. The van der Waals surface area contributed by atoms with Crippen LogP contribution in [0.15, 0.2) is 47.8 Å². The number of benzene rings is 2. The first kappa shape index (κ1) is 29.6. The van der Waals surface area contributed by atoms with Crippen molar-refractivity contribution in [2.24, 2.45) is 0 Å². The van der Waals surface area contributed by atoms with Crippen molar-refractivity contribution in [3.63, 3.8) is 0 Å². The molecular formula is C26H30N4O7S2. The molecule has 2 N–H and O–H groups in total. The van der Waals surface area contributed by atoms with Crippen molar-refractivity contribution in [3.8, 4) is 11.5 Å². The number of hydrogen-bond acceptors (Lipinski definition) is 9. The lowest BCUT2D eigenvalue weighted by molar-refractivity contribution is -0.117. The van der Waals surface area contributed by atoms with Gasteiger partial charge in [-0.25, -0.2) is 14.4 Å². The highest BCUT2D eigenvalue weighted by atomic mass is 32.2. The summed E-state index contributed by atoms with van der Waals surface area (Å²) in [5, 5.41) is 1.81. The molecule has 0 bridgehead atoms. The molecule has 2 aromatic carbocycles. The molecule has 0 radical (unpaired) electrons. The van der Waals surface area contributed by atoms with Crippen LogP contribution in [0.4, 0.5) is 0 Å². The normalized spacial score (nSPS) is 11.0. The molecule has 0 saturated carbocycles. The molecule has 0 aliphatic heterocycles. The Labute approximate surface area is 231 Å². The van der Waals surface area contributed by atoms with Gasteiger partial charge in [0.05, 0.1) is 20.8 Å². The van der Waals surface area contributed by atoms with Crippen molar-refractivity contribution >= 4 is 39.3 Å². The fraction of sp³-hybridized carbons (Fsp3) is 0.308. The second-order valence-electron chi connectivity index (χ2n) is 8.54. The molecule has 0 aliphatic rings. The van der Waals surface area contributed by atoms with Crippen LogP contribution < -0.4 is 18.9 Å². The van der Waals surface area contributed by atoms with Crippen LogP contribution in [0.25, 0.3) is 0 Å². The molecule has 1 aromatic heterocycles. The van der Waals surface area contributed by atoms with E-state index in [0.29, 0.717) is 35.0 Å². The molecule has 3 amide bonds. The van der Waals surface area contributed by atoms with Gasteiger partial charge >= 0.3 is 10.2 Å². The van der Waals surface area contributed by atoms with Gasteiger partial charge in [-0.1, -0.05) is 30.3 Å². The lowest BCUT2D eigenvalue weighted by Gasteiger charge is -2.23. The summed E-state index contributed by atoms with van der Waals surface area (Å²) in [6.07, 6.45) is 1.42. The molecule has 1 heterocycles. The molecular weight excluding hydrogens is 544 g/mol. The number of methoxy groups -OCH3 is 2. The molecule has 0 aliphatic carbocycles. The molecule has 0 fully saturated rings. The van der Waals surface area contributed by atoms with E-state index in [2.05, 4.69) is 4.98 Å². The van der Waals surface area contributed by atoms with Gasteiger partial charge in [0.15, 0.2) is 0 Å². The summed E-state index contributed by atoms with van der Waals surface area (Å²) in [6, 6.07) is 13.2. The third kappa shape index (κ3) is 8.26. The van der Waals surface area contributed by atoms with E-state index >= 15 is 0 Å². The predicted octanol–water partition coefficient (Wildman–Crippen LogP) is 2.85. The van der Waals surface area contributed by atoms with Crippen LogP contribution in [-0.2, 0) is 28.0 Å². The molecule has 3 rings (SSSR count). The number of amides is 3. The number of thiazole rings is 1. The van der Waals surface area contributed by atoms with E-state index in [1.54, 1.807) is 26.5 Å². The quantitative estimate of drug-likeness (QED) is 0.336. The Bertz CT molecular complexity index is 1410. The zero-order chi connectivity index (χ0) is 28.6. The van der Waals surface area contributed by atoms with E-state index in [0.717, 1.165) is 35.8 Å². The molecule has 208 valence electrons. The van der Waals surface area contributed by atoms with Gasteiger partial charge in [0.2, 0.25) is 5.91 Å². The zero-order valence-corrected chi connectivity index (χ0v) is 23.6. The standard InChI is InChI=1S/C26H30N4O7S2/c1-17-22(36-3)13-20(14-23(17)37-4)26(33)30(12-8-11-19-9-6-5-7-10-19)15-24-27-21(16-38-24)25(32)29-39(34,35)28-18(2)31/h5-7,9-10,13-14,16H,8,11-12,15H2,1-4H3,(H,28,31)(H,29,32). The predicted molar refractivity (Wildman–Crippen MR) is 146 cm³/mol. The fourth-order valence-corrected chi connectivity index (χ4v) is 5.37. The van der Waals surface area contributed by atoms with Crippen molar-refractivity contribution in [2.45, 2.75) is 33.2 Å². The summed E-state index contributed by atoms with van der Waals surface area (Å²) in [5.41, 5.74) is 2.11. The Hall–Kier alpha value is -3.97. The molecule has 13 heteroatoms. The molecule has 0 unspecified atom stereocenters. The van der Waals surface area contributed by atoms with Crippen LogP contribution in [0.5, 0.6) is 11.5 Å². The van der Waals surface area contributed by atoms with E-state index in [1.165, 1.54) is 19.6 Å². The minimum absolute atomic E-state index is 0.0858. The van der Waals surface area contributed by atoms with Gasteiger partial charge in [-0.3, -0.25) is 14.4 Å². The van der Waals surface area contributed by atoms with Crippen LogP contribution in [0.3, 0.4) is 0 Å². The molecule has 0 saturated heterocycles. The van der Waals surface area contributed by atoms with Crippen LogP contribution in [0.1, 0.15) is 50.3 Å². The summed E-state index contributed by atoms with van der Waals surface area (Å²) in [5.74, 6) is -1.11. The number of rotatable bonds is 12. The van der Waals surface area contributed by atoms with E-state index in [4.69, 9.17) is 9.47 Å². The third-order valence-corrected chi connectivity index (χ3v) is 7.48. The summed E-state index contributed by atoms with van der Waals surface area (Å²) in [7, 11) is -1.34. The first-order valence-electron chi connectivity index (χ1n) is 11.9. The Morgan fingerprint density at radius 2 is 1.67 bits per heavy atom. The maximum Gasteiger partial charge on any atom is 0.326 e. The van der Waals surface area contributed by atoms with Crippen molar-refractivity contribution < 1.29 is 32.3 Å². The lowest BCUT2D eigenvalue weighted by Crippen LogP contribution is -2.42. The van der Waals surface area contributed by atoms with Crippen molar-refractivity contribution in [3.05, 3.63) is 75.2 Å². The number of ether oxygens (including phenoxy) is 2. The first-order valence-corrected chi connectivity index (χ1v) is 14.2. The second-order valence-corrected chi connectivity index (χ2v) is 10.9. The average Bonchev–Trinajstić information content (AvgIpc) is 3.36. The Kier molecular flexibility index (Phi) is 10.0. The van der Waals surface area contributed by atoms with Crippen molar-refractivity contribution in [1.82, 2.24) is 19.3 Å². The molecule has 0 spiro atoms. The van der Waals surface area contributed by atoms with Gasteiger partial charge in [-0.15, -0.1) is 11.3 Å². The summed E-state index contributed by atoms with van der Waals surface area (Å²) in [6.45, 7) is 3.32. The molecule has 3 aromatic rings. The Morgan fingerprint density at radius 3 is 2.26 bits per heavy atom. The highest BCUT2D eigenvalue weighted by molar-refractivity contribution is 7.88. The van der Waals surface area contributed by atoms with Gasteiger partial charge in [-0.2, -0.15) is 8.42 Å². The first-order chi connectivity index (χ1) is 18.5. The van der Waals surface area contributed by atoms with E-state index < -0.39 is 22.0 Å². The molecule has 39 heavy (non-hydrogen) atoms. The Morgan fingerprint density at radius 1 is 1.03 bits per heavy atom. The van der Waals surface area contributed by atoms with Crippen LogP contribution in [0.2, 0.25) is 0 Å². The summed E-state index contributed by atoms with van der Waals surface area (Å²) < 4.78 is 38.0. The zero-order valence-electron chi connectivity index (χ0n) is 22.0. The minimum atomic E-state index is -4.37. The summed E-state index contributed by atoms with van der Waals surface area (Å²) >= 11 is 1.11. The summed E-state index contributed by atoms with van der Waals surface area (Å²) in [4.78, 5) is 42.9. The lowest BCUT2D eigenvalue weighted by atomic mass is 10.1. The number of carbonyl (C=O) groups excluding carboxylic acids is 3. The molecule has 11 nitrogen and oxygen atoms in total. The highest BCUT2D eigenvalue weighted by Crippen LogP contribution is 2.30. The fourth-order valence-electron chi connectivity index (χ4n) is 3.80. The largest absolute Gasteiger partial charge is 0.496 e. The maximum atomic E-state index is 13.7. The maximum absolute atomic E-state index is 13.7. The van der Waals surface area contributed by atoms with E-state index in [9.17, 15) is 22.8 Å². The van der Waals surface area contributed by atoms with Gasteiger partial charge in [0.25, 0.3) is 11.8 Å². The Balaban J connectivity index is 1.82. The second kappa shape index (κ2) is 13.2.